The van der Waals surface area contributed by atoms with Crippen LogP contribution in [0.1, 0.15) is 25.5 Å². The van der Waals surface area contributed by atoms with Crippen LogP contribution < -0.4 is 10.9 Å². The third-order valence-electron chi connectivity index (χ3n) is 3.05. The predicted molar refractivity (Wildman–Crippen MR) is 91.4 cm³/mol. The number of anilines is 1. The maximum absolute atomic E-state index is 12.0. The van der Waals surface area contributed by atoms with Gasteiger partial charge in [-0.3, -0.25) is 19.7 Å². The summed E-state index contributed by atoms with van der Waals surface area (Å²) >= 11 is 1.06. The van der Waals surface area contributed by atoms with Crippen LogP contribution in [-0.4, -0.2) is 26.6 Å². The average Bonchev–Trinajstić information content (AvgIpc) is 2.52. The highest BCUT2D eigenvalue weighted by Gasteiger charge is 2.15. The van der Waals surface area contributed by atoms with Crippen LogP contribution >= 0.6 is 11.8 Å². The van der Waals surface area contributed by atoms with Gasteiger partial charge in [-0.15, -0.1) is 0 Å². The lowest BCUT2D eigenvalue weighted by atomic mass is 10.1. The van der Waals surface area contributed by atoms with Gasteiger partial charge in [-0.25, -0.2) is 4.98 Å². The van der Waals surface area contributed by atoms with Gasteiger partial charge in [0, 0.05) is 12.1 Å². The lowest BCUT2D eigenvalue weighted by Gasteiger charge is -2.07. The van der Waals surface area contributed by atoms with E-state index in [2.05, 4.69) is 15.3 Å². The van der Waals surface area contributed by atoms with Crippen molar-refractivity contribution in [2.75, 3.05) is 11.1 Å². The fraction of sp³-hybridized carbons (Fsp3) is 0.267. The highest BCUT2D eigenvalue weighted by Crippen LogP contribution is 2.23. The third-order valence-corrected chi connectivity index (χ3v) is 3.92. The summed E-state index contributed by atoms with van der Waals surface area (Å²) in [6.07, 6.45) is 0. The molecule has 0 aliphatic carbocycles. The smallest absolute Gasteiger partial charge is 0.292 e. The maximum Gasteiger partial charge on any atom is 0.292 e. The van der Waals surface area contributed by atoms with E-state index in [1.165, 1.54) is 24.3 Å². The molecule has 2 rings (SSSR count). The Labute approximate surface area is 141 Å². The largest absolute Gasteiger partial charge is 0.320 e. The van der Waals surface area contributed by atoms with E-state index in [0.717, 1.165) is 11.8 Å². The topological polar surface area (TPSA) is 118 Å². The van der Waals surface area contributed by atoms with Gasteiger partial charge in [-0.05, 0) is 12.0 Å². The number of para-hydroxylation sites is 2. The molecule has 24 heavy (non-hydrogen) atoms. The monoisotopic (exact) mass is 348 g/mol. The highest BCUT2D eigenvalue weighted by molar-refractivity contribution is 7.99. The third kappa shape index (κ3) is 4.66. The zero-order valence-electron chi connectivity index (χ0n) is 13.1. The molecule has 0 bridgehead atoms. The Balaban J connectivity index is 2.04. The number of aromatic amines is 1. The van der Waals surface area contributed by atoms with Gasteiger partial charge in [-0.1, -0.05) is 37.7 Å². The number of amides is 1. The van der Waals surface area contributed by atoms with Gasteiger partial charge in [0.15, 0.2) is 5.16 Å². The fourth-order valence-electron chi connectivity index (χ4n) is 1.88. The molecule has 0 atom stereocenters. The van der Waals surface area contributed by atoms with E-state index in [4.69, 9.17) is 0 Å². The molecule has 0 aliphatic heterocycles. The van der Waals surface area contributed by atoms with Gasteiger partial charge in [0.1, 0.15) is 5.69 Å². The second-order valence-electron chi connectivity index (χ2n) is 5.24. The molecular weight excluding hydrogens is 332 g/mol. The van der Waals surface area contributed by atoms with Crippen LogP contribution in [0.15, 0.2) is 40.3 Å². The number of nitro benzene ring substituents is 1. The van der Waals surface area contributed by atoms with Gasteiger partial charge in [0.05, 0.1) is 16.4 Å². The zero-order valence-corrected chi connectivity index (χ0v) is 13.9. The molecule has 0 unspecified atom stereocenters. The Morgan fingerprint density at radius 1 is 1.42 bits per heavy atom. The molecule has 126 valence electrons. The summed E-state index contributed by atoms with van der Waals surface area (Å²) in [5, 5.41) is 13.8. The van der Waals surface area contributed by atoms with Crippen molar-refractivity contribution in [3.05, 3.63) is 56.5 Å². The number of hydrogen-bond acceptors (Lipinski definition) is 6. The molecule has 1 heterocycles. The molecular formula is C15H16N4O4S. The Morgan fingerprint density at radius 3 is 2.79 bits per heavy atom. The first-order valence-electron chi connectivity index (χ1n) is 7.14. The summed E-state index contributed by atoms with van der Waals surface area (Å²) in [5.74, 6) is -0.365. The van der Waals surface area contributed by atoms with E-state index in [1.807, 2.05) is 13.8 Å². The minimum Gasteiger partial charge on any atom is -0.320 e. The second-order valence-corrected chi connectivity index (χ2v) is 6.21. The number of benzene rings is 1. The molecule has 0 spiro atoms. The maximum atomic E-state index is 12.0. The van der Waals surface area contributed by atoms with Crippen LogP contribution in [0.4, 0.5) is 11.4 Å². The molecule has 1 aromatic carbocycles. The molecule has 2 N–H and O–H groups in total. The molecule has 0 aliphatic rings. The summed E-state index contributed by atoms with van der Waals surface area (Å²) in [7, 11) is 0. The number of H-pyrrole nitrogens is 1. The van der Waals surface area contributed by atoms with E-state index in [0.29, 0.717) is 10.9 Å². The fourth-order valence-corrected chi connectivity index (χ4v) is 2.56. The van der Waals surface area contributed by atoms with Gasteiger partial charge < -0.3 is 10.3 Å². The average molecular weight is 348 g/mol. The molecule has 9 heteroatoms. The number of nitrogens with one attached hydrogen (secondary N) is 2. The molecule has 0 saturated carbocycles. The number of nitrogens with zero attached hydrogens (tertiary/aromatic N) is 2. The van der Waals surface area contributed by atoms with Crippen molar-refractivity contribution < 1.29 is 9.72 Å². The standard InChI is InChI=1S/C15H16N4O4S/c1-9(2)11-7-13(20)18-15(17-11)24-8-14(21)16-10-5-3-4-6-12(10)19(22)23/h3-7,9H,8H2,1-2H3,(H,16,21)(H,17,18,20). The molecule has 1 aromatic heterocycles. The summed E-state index contributed by atoms with van der Waals surface area (Å²) < 4.78 is 0. The van der Waals surface area contributed by atoms with Crippen LogP contribution in [0.5, 0.6) is 0 Å². The summed E-state index contributed by atoms with van der Waals surface area (Å²) in [6.45, 7) is 3.83. The zero-order chi connectivity index (χ0) is 17.7. The quantitative estimate of drug-likeness (QED) is 0.358. The Hall–Kier alpha value is -2.68. The van der Waals surface area contributed by atoms with Crippen LogP contribution in [-0.2, 0) is 4.79 Å². The van der Waals surface area contributed by atoms with Crippen molar-refractivity contribution in [3.8, 4) is 0 Å². The van der Waals surface area contributed by atoms with E-state index < -0.39 is 10.8 Å². The minimum atomic E-state index is -0.562. The Kier molecular flexibility index (Phi) is 5.69. The number of carbonyl (C=O) groups is 1. The number of rotatable bonds is 6. The molecule has 2 aromatic rings. The van der Waals surface area contributed by atoms with Crippen molar-refractivity contribution in [3.63, 3.8) is 0 Å². The molecule has 0 fully saturated rings. The van der Waals surface area contributed by atoms with Crippen molar-refractivity contribution >= 4 is 29.0 Å². The van der Waals surface area contributed by atoms with E-state index in [1.54, 1.807) is 6.07 Å². The first-order valence-corrected chi connectivity index (χ1v) is 8.12. The summed E-state index contributed by atoms with van der Waals surface area (Å²) in [6, 6.07) is 7.31. The lowest BCUT2D eigenvalue weighted by molar-refractivity contribution is -0.383. The predicted octanol–water partition coefficient (Wildman–Crippen LogP) is 2.53. The van der Waals surface area contributed by atoms with Crippen LogP contribution in [0.2, 0.25) is 0 Å². The molecule has 1 amide bonds. The van der Waals surface area contributed by atoms with E-state index in [-0.39, 0.29) is 28.6 Å². The number of thioether (sulfide) groups is 1. The van der Waals surface area contributed by atoms with E-state index >= 15 is 0 Å². The minimum absolute atomic E-state index is 0.0312. The van der Waals surface area contributed by atoms with Crippen LogP contribution in [0, 0.1) is 10.1 Å². The highest BCUT2D eigenvalue weighted by atomic mass is 32.2. The van der Waals surface area contributed by atoms with Crippen LogP contribution in [0.3, 0.4) is 0 Å². The van der Waals surface area contributed by atoms with Crippen molar-refractivity contribution in [2.24, 2.45) is 0 Å². The number of carbonyl (C=O) groups excluding carboxylic acids is 1. The SMILES string of the molecule is CC(C)c1cc(=O)[nH]c(SCC(=O)Nc2ccccc2[N+](=O)[O-])n1. The molecule has 0 saturated heterocycles. The van der Waals surface area contributed by atoms with Crippen LogP contribution in [0.25, 0.3) is 0 Å². The molecule has 8 nitrogen and oxygen atoms in total. The van der Waals surface area contributed by atoms with Crippen molar-refractivity contribution in [1.29, 1.82) is 0 Å². The number of hydrogen-bond donors (Lipinski definition) is 2. The van der Waals surface area contributed by atoms with Gasteiger partial charge >= 0.3 is 0 Å². The lowest BCUT2D eigenvalue weighted by Crippen LogP contribution is -2.16. The number of nitro groups is 1. The first kappa shape index (κ1) is 17.7. The summed E-state index contributed by atoms with van der Waals surface area (Å²) in [5.41, 5.74) is 0.310. The Morgan fingerprint density at radius 2 is 2.12 bits per heavy atom. The number of aromatic nitrogens is 2. The van der Waals surface area contributed by atoms with Crippen molar-refractivity contribution in [2.45, 2.75) is 24.9 Å². The van der Waals surface area contributed by atoms with Gasteiger partial charge in [-0.2, -0.15) is 0 Å². The summed E-state index contributed by atoms with van der Waals surface area (Å²) in [4.78, 5) is 40.8. The van der Waals surface area contributed by atoms with Gasteiger partial charge in [0.2, 0.25) is 5.91 Å². The Bertz CT molecular complexity index is 819. The van der Waals surface area contributed by atoms with E-state index in [9.17, 15) is 19.7 Å². The van der Waals surface area contributed by atoms with Gasteiger partial charge in [0.25, 0.3) is 11.2 Å². The first-order chi connectivity index (χ1) is 11.4. The second kappa shape index (κ2) is 7.73. The molecule has 0 radical (unpaired) electrons. The van der Waals surface area contributed by atoms with Crippen molar-refractivity contribution in [1.82, 2.24) is 9.97 Å². The normalized spacial score (nSPS) is 10.6.